The SMILES string of the molecule is [3H]C1O[C@@]2(COC(C)C)CO[C@H]1[C@@H]2OP(=O)(O)C(C)C. The summed E-state index contributed by atoms with van der Waals surface area (Å²) < 4.78 is 42.0. The van der Waals surface area contributed by atoms with Crippen molar-refractivity contribution in [2.45, 2.75) is 57.3 Å². The first kappa shape index (κ1) is 14.0. The summed E-state index contributed by atoms with van der Waals surface area (Å²) in [6, 6.07) is 0. The van der Waals surface area contributed by atoms with E-state index in [-0.39, 0.29) is 19.3 Å². The third-order valence-electron chi connectivity index (χ3n) is 3.35. The van der Waals surface area contributed by atoms with Crippen LogP contribution in [-0.4, -0.2) is 54.3 Å². The van der Waals surface area contributed by atoms with Crippen LogP contribution in [0.2, 0.25) is 0 Å². The second-order valence-electron chi connectivity index (χ2n) is 5.64. The fraction of sp³-hybridized carbons (Fsp3) is 1.00. The Kier molecular flexibility index (Phi) is 4.00. The van der Waals surface area contributed by atoms with E-state index in [2.05, 4.69) is 0 Å². The first-order chi connectivity index (χ1) is 9.18. The lowest BCUT2D eigenvalue weighted by Crippen LogP contribution is -2.46. The molecule has 2 fully saturated rings. The molecule has 2 unspecified atom stereocenters. The van der Waals surface area contributed by atoms with Crippen molar-refractivity contribution in [3.63, 3.8) is 0 Å². The van der Waals surface area contributed by atoms with Crippen LogP contribution < -0.4 is 0 Å². The topological polar surface area (TPSA) is 74.2 Å². The Balaban J connectivity index is 2.15. The van der Waals surface area contributed by atoms with Crippen LogP contribution in [0.4, 0.5) is 0 Å². The molecule has 19 heavy (non-hydrogen) atoms. The molecule has 2 aliphatic rings. The number of fused-ring (bicyclic) bond motifs is 2. The van der Waals surface area contributed by atoms with Crippen LogP contribution in [0.3, 0.4) is 0 Å². The molecular formula is C12H23O6P. The fourth-order valence-electron chi connectivity index (χ4n) is 2.03. The zero-order chi connectivity index (χ0) is 15.1. The lowest BCUT2D eigenvalue weighted by atomic mass is 10.0. The molecule has 0 spiro atoms. The van der Waals surface area contributed by atoms with Crippen molar-refractivity contribution in [1.29, 1.82) is 0 Å². The van der Waals surface area contributed by atoms with Gasteiger partial charge in [0.15, 0.2) is 0 Å². The Bertz CT molecular complexity index is 403. The highest BCUT2D eigenvalue weighted by atomic mass is 31.2. The van der Waals surface area contributed by atoms with E-state index in [0.717, 1.165) is 0 Å². The van der Waals surface area contributed by atoms with E-state index in [4.69, 9.17) is 20.1 Å². The van der Waals surface area contributed by atoms with Gasteiger partial charge in [-0.25, -0.2) is 0 Å². The quantitative estimate of drug-likeness (QED) is 0.750. The van der Waals surface area contributed by atoms with Crippen LogP contribution in [-0.2, 0) is 23.3 Å². The molecule has 0 radical (unpaired) electrons. The molecule has 0 aromatic heterocycles. The van der Waals surface area contributed by atoms with E-state index in [1.807, 2.05) is 13.8 Å². The van der Waals surface area contributed by atoms with Gasteiger partial charge < -0.3 is 19.1 Å². The molecule has 5 atom stereocenters. The zero-order valence-electron chi connectivity index (χ0n) is 12.7. The molecule has 2 saturated heterocycles. The largest absolute Gasteiger partial charge is 0.376 e. The second-order valence-corrected chi connectivity index (χ2v) is 8.01. The average Bonchev–Trinajstić information content (AvgIpc) is 2.77. The summed E-state index contributed by atoms with van der Waals surface area (Å²) in [5, 5.41) is 0. The number of hydrogen-bond acceptors (Lipinski definition) is 5. The Hall–Kier alpha value is 0.0300. The highest BCUT2D eigenvalue weighted by Gasteiger charge is 2.60. The summed E-state index contributed by atoms with van der Waals surface area (Å²) in [6.07, 6.45) is -1.41. The van der Waals surface area contributed by atoms with Crippen molar-refractivity contribution < 1.29 is 29.6 Å². The molecule has 0 saturated carbocycles. The molecule has 1 N–H and O–H groups in total. The predicted molar refractivity (Wildman–Crippen MR) is 69.3 cm³/mol. The van der Waals surface area contributed by atoms with E-state index in [1.54, 1.807) is 13.8 Å². The van der Waals surface area contributed by atoms with Gasteiger partial charge in [-0.05, 0) is 13.8 Å². The van der Waals surface area contributed by atoms with Crippen molar-refractivity contribution in [3.05, 3.63) is 0 Å². The Morgan fingerprint density at radius 1 is 1.53 bits per heavy atom. The molecule has 7 heteroatoms. The van der Waals surface area contributed by atoms with E-state index in [9.17, 15) is 9.46 Å². The molecule has 2 rings (SSSR count). The molecule has 6 nitrogen and oxygen atoms in total. The molecule has 0 aromatic rings. The van der Waals surface area contributed by atoms with Crippen molar-refractivity contribution >= 4 is 7.60 Å². The summed E-state index contributed by atoms with van der Waals surface area (Å²) in [5.41, 5.74) is -1.48. The predicted octanol–water partition coefficient (Wildman–Crippen LogP) is 1.56. The third kappa shape index (κ3) is 3.04. The van der Waals surface area contributed by atoms with Gasteiger partial charge in [0.2, 0.25) is 0 Å². The van der Waals surface area contributed by atoms with Gasteiger partial charge in [-0.3, -0.25) is 9.09 Å². The molecule has 112 valence electrons. The van der Waals surface area contributed by atoms with Gasteiger partial charge in [0.1, 0.15) is 17.8 Å². The summed E-state index contributed by atoms with van der Waals surface area (Å²) in [7, 11) is -3.76. The molecule has 0 aliphatic carbocycles. The maximum absolute atomic E-state index is 12.1. The zero-order valence-corrected chi connectivity index (χ0v) is 12.6. The van der Waals surface area contributed by atoms with Gasteiger partial charge >= 0.3 is 7.60 Å². The maximum Gasteiger partial charge on any atom is 0.331 e. The fourth-order valence-corrected chi connectivity index (χ4v) is 2.91. The van der Waals surface area contributed by atoms with Crippen LogP contribution in [0.25, 0.3) is 0 Å². The number of hydrogen-bond donors (Lipinski definition) is 1. The lowest BCUT2D eigenvalue weighted by molar-refractivity contribution is -0.140. The van der Waals surface area contributed by atoms with Crippen molar-refractivity contribution in [2.24, 2.45) is 0 Å². The lowest BCUT2D eigenvalue weighted by Gasteiger charge is -2.31. The molecule has 2 aliphatic heterocycles. The van der Waals surface area contributed by atoms with Crippen LogP contribution in [0, 0.1) is 0 Å². The minimum atomic E-state index is -3.76. The molecule has 0 amide bonds. The highest BCUT2D eigenvalue weighted by molar-refractivity contribution is 7.53. The summed E-state index contributed by atoms with van der Waals surface area (Å²) >= 11 is 0. The van der Waals surface area contributed by atoms with Gasteiger partial charge in [0, 0.05) is 0 Å². The van der Waals surface area contributed by atoms with Crippen LogP contribution >= 0.6 is 7.60 Å². The van der Waals surface area contributed by atoms with Crippen molar-refractivity contribution in [2.75, 3.05) is 19.8 Å². The standard InChI is InChI=1S/C12H23O6P/c1-8(2)15-6-12-7-16-10(5-17-12)11(12)18-19(13,14)9(3)4/h8-11H,5-7H2,1-4H3,(H,13,14)/t10-,11+,12+/m1/s1/i5T/t5?,10-,11+,12+. The maximum atomic E-state index is 12.1. The van der Waals surface area contributed by atoms with E-state index < -0.39 is 37.6 Å². The minimum Gasteiger partial charge on any atom is -0.376 e. The summed E-state index contributed by atoms with van der Waals surface area (Å²) in [5.74, 6) is 0. The van der Waals surface area contributed by atoms with Crippen LogP contribution in [0.1, 0.15) is 29.1 Å². The van der Waals surface area contributed by atoms with Crippen molar-refractivity contribution in [3.8, 4) is 0 Å². The second kappa shape index (κ2) is 5.43. The Morgan fingerprint density at radius 2 is 2.21 bits per heavy atom. The van der Waals surface area contributed by atoms with E-state index >= 15 is 0 Å². The normalized spacial score (nSPS) is 41.8. The minimum absolute atomic E-state index is 0.0107. The van der Waals surface area contributed by atoms with Crippen LogP contribution in [0.15, 0.2) is 0 Å². The monoisotopic (exact) mass is 296 g/mol. The first-order valence-corrected chi connectivity index (χ1v) is 8.17. The summed E-state index contributed by atoms with van der Waals surface area (Å²) in [6.45, 7) is 6.48. The number of rotatable bonds is 6. The van der Waals surface area contributed by atoms with Gasteiger partial charge in [0.05, 0.1) is 32.9 Å². The molecule has 2 bridgehead atoms. The number of ether oxygens (including phenoxy) is 3. The molecular weight excluding hydrogens is 271 g/mol. The van der Waals surface area contributed by atoms with Crippen LogP contribution in [0.5, 0.6) is 0 Å². The Morgan fingerprint density at radius 3 is 2.74 bits per heavy atom. The third-order valence-corrected chi connectivity index (χ3v) is 5.19. The average molecular weight is 296 g/mol. The Labute approximate surface area is 115 Å². The van der Waals surface area contributed by atoms with Gasteiger partial charge in [0.25, 0.3) is 0 Å². The summed E-state index contributed by atoms with van der Waals surface area (Å²) in [4.78, 5) is 9.91. The highest BCUT2D eigenvalue weighted by Crippen LogP contribution is 2.53. The molecule has 2 heterocycles. The van der Waals surface area contributed by atoms with Gasteiger partial charge in [-0.1, -0.05) is 13.8 Å². The first-order valence-electron chi connectivity index (χ1n) is 7.10. The molecule has 0 aromatic carbocycles. The van der Waals surface area contributed by atoms with Gasteiger partial charge in [-0.15, -0.1) is 0 Å². The van der Waals surface area contributed by atoms with Crippen molar-refractivity contribution in [1.82, 2.24) is 0 Å². The van der Waals surface area contributed by atoms with Gasteiger partial charge in [-0.2, -0.15) is 0 Å². The van der Waals surface area contributed by atoms with E-state index in [1.165, 1.54) is 0 Å². The smallest absolute Gasteiger partial charge is 0.331 e. The van der Waals surface area contributed by atoms with E-state index in [0.29, 0.717) is 0 Å².